The number of hydrogen-bond donors (Lipinski definition) is 3. The van der Waals surface area contributed by atoms with Crippen molar-refractivity contribution in [2.24, 2.45) is 11.8 Å². The van der Waals surface area contributed by atoms with Crippen LogP contribution in [0.1, 0.15) is 51.1 Å². The molecule has 8 nitrogen and oxygen atoms in total. The zero-order valence-corrected chi connectivity index (χ0v) is 24.1. The van der Waals surface area contributed by atoms with Crippen LogP contribution >= 0.6 is 0 Å². The van der Waals surface area contributed by atoms with Crippen LogP contribution in [-0.2, 0) is 5.41 Å². The molecule has 1 aliphatic rings. The number of rotatable bonds is 10. The Morgan fingerprint density at radius 1 is 0.881 bits per heavy atom. The molecule has 3 aromatic carbocycles. The van der Waals surface area contributed by atoms with Crippen LogP contribution in [-0.4, -0.2) is 76.5 Å². The molecule has 1 saturated heterocycles. The van der Waals surface area contributed by atoms with Crippen LogP contribution in [0.3, 0.4) is 0 Å². The average molecular weight is 577 g/mol. The molecule has 0 saturated carbocycles. The third kappa shape index (κ3) is 6.16. The van der Waals surface area contributed by atoms with Crippen molar-refractivity contribution >= 4 is 17.7 Å². The van der Waals surface area contributed by atoms with E-state index in [9.17, 15) is 29.7 Å². The highest BCUT2D eigenvalue weighted by atomic mass is 19.1. The number of benzene rings is 3. The predicted octanol–water partition coefficient (Wildman–Crippen LogP) is 5.51. The van der Waals surface area contributed by atoms with E-state index in [4.69, 9.17) is 0 Å². The fourth-order valence-corrected chi connectivity index (χ4v) is 6.41. The number of ketones is 2. The van der Waals surface area contributed by atoms with Gasteiger partial charge in [0.25, 0.3) is 0 Å². The maximum Gasteiger partial charge on any atom is 0.407 e. The number of nitrogens with zero attached hydrogens (tertiary/aromatic N) is 2. The lowest BCUT2D eigenvalue weighted by atomic mass is 9.54. The van der Waals surface area contributed by atoms with Crippen LogP contribution in [0.2, 0.25) is 0 Å². The van der Waals surface area contributed by atoms with Gasteiger partial charge in [0.15, 0.2) is 11.6 Å². The van der Waals surface area contributed by atoms with Gasteiger partial charge in [-0.05, 0) is 81.9 Å². The Labute approximate surface area is 245 Å². The molecular formula is C33H37FN2O6. The minimum absolute atomic E-state index is 0.127. The number of unbranched alkanes of at least 4 members (excludes halogenated alkanes) is 1. The van der Waals surface area contributed by atoms with Crippen LogP contribution in [0.15, 0.2) is 66.7 Å². The third-order valence-electron chi connectivity index (χ3n) is 8.43. The molecule has 3 N–H and O–H groups in total. The smallest absolute Gasteiger partial charge is 0.407 e. The Morgan fingerprint density at radius 3 is 1.88 bits per heavy atom. The molecule has 9 heteroatoms. The lowest BCUT2D eigenvalue weighted by molar-refractivity contribution is 0.0256. The van der Waals surface area contributed by atoms with Crippen LogP contribution < -0.4 is 0 Å². The van der Waals surface area contributed by atoms with Crippen molar-refractivity contribution in [3.63, 3.8) is 0 Å². The summed E-state index contributed by atoms with van der Waals surface area (Å²) in [6.07, 6.45) is 0.332. The number of carbonyl (C=O) groups excluding carboxylic acids is 2. The Bertz CT molecular complexity index is 1400. The van der Waals surface area contributed by atoms with E-state index >= 15 is 4.39 Å². The van der Waals surface area contributed by atoms with Gasteiger partial charge >= 0.3 is 6.09 Å². The van der Waals surface area contributed by atoms with Crippen molar-refractivity contribution in [2.75, 3.05) is 33.7 Å². The number of amides is 1. The van der Waals surface area contributed by atoms with Crippen LogP contribution in [0, 0.1) is 24.6 Å². The number of likely N-dealkylation sites (tertiary alicyclic amines) is 1. The van der Waals surface area contributed by atoms with E-state index in [2.05, 4.69) is 0 Å². The van der Waals surface area contributed by atoms with Gasteiger partial charge in [-0.1, -0.05) is 42.8 Å². The number of aromatic hydroxyl groups is 2. The number of carbonyl (C=O) groups is 3. The molecule has 222 valence electrons. The predicted molar refractivity (Wildman–Crippen MR) is 157 cm³/mol. The Hall–Kier alpha value is -4.24. The molecule has 0 radical (unpaired) electrons. The number of hydrogen-bond acceptors (Lipinski definition) is 6. The van der Waals surface area contributed by atoms with Gasteiger partial charge in [0, 0.05) is 29.6 Å². The minimum Gasteiger partial charge on any atom is -0.508 e. The summed E-state index contributed by atoms with van der Waals surface area (Å²) in [5.41, 5.74) is -0.189. The zero-order chi connectivity index (χ0) is 30.6. The molecule has 0 unspecified atom stereocenters. The van der Waals surface area contributed by atoms with E-state index in [1.54, 1.807) is 31.2 Å². The molecule has 42 heavy (non-hydrogen) atoms. The van der Waals surface area contributed by atoms with Gasteiger partial charge < -0.3 is 25.1 Å². The highest BCUT2D eigenvalue weighted by Crippen LogP contribution is 2.51. The second-order valence-corrected chi connectivity index (χ2v) is 11.3. The summed E-state index contributed by atoms with van der Waals surface area (Å²) >= 11 is 0. The van der Waals surface area contributed by atoms with Crippen molar-refractivity contribution in [3.05, 3.63) is 94.8 Å². The molecule has 0 spiro atoms. The quantitative estimate of drug-likeness (QED) is 0.215. The van der Waals surface area contributed by atoms with Gasteiger partial charge in [-0.3, -0.25) is 9.59 Å². The van der Waals surface area contributed by atoms with Crippen molar-refractivity contribution in [2.45, 2.75) is 31.6 Å². The largest absolute Gasteiger partial charge is 0.508 e. The Morgan fingerprint density at radius 2 is 1.40 bits per heavy atom. The first-order valence-corrected chi connectivity index (χ1v) is 14.0. The monoisotopic (exact) mass is 576 g/mol. The molecule has 0 aromatic heterocycles. The fourth-order valence-electron chi connectivity index (χ4n) is 6.41. The van der Waals surface area contributed by atoms with Crippen molar-refractivity contribution in [1.82, 2.24) is 9.80 Å². The van der Waals surface area contributed by atoms with E-state index in [0.717, 1.165) is 17.9 Å². The van der Waals surface area contributed by atoms with E-state index in [0.29, 0.717) is 18.4 Å². The molecule has 2 atom stereocenters. The summed E-state index contributed by atoms with van der Waals surface area (Å²) in [7, 11) is 3.89. The van der Waals surface area contributed by atoms with E-state index in [1.165, 1.54) is 42.5 Å². The molecule has 1 heterocycles. The average Bonchev–Trinajstić information content (AvgIpc) is 2.95. The SMILES string of the molecule is Cc1c(F)cccc1C1(CCCCN(C)C)[C@@H](C(=O)c2cccc(O)c2)CN(C(=O)O)C[C@@H]1C(=O)c1cccc(O)c1. The second-order valence-electron chi connectivity index (χ2n) is 11.3. The number of phenolic OH excluding ortho intramolecular Hbond substituents is 2. The van der Waals surface area contributed by atoms with E-state index in [-0.39, 0.29) is 41.3 Å². The number of phenols is 2. The lowest BCUT2D eigenvalue weighted by Crippen LogP contribution is -2.61. The third-order valence-corrected chi connectivity index (χ3v) is 8.43. The fraction of sp³-hybridized carbons (Fsp3) is 0.364. The summed E-state index contributed by atoms with van der Waals surface area (Å²) in [4.78, 5) is 44.4. The van der Waals surface area contributed by atoms with Gasteiger partial charge in [0.1, 0.15) is 17.3 Å². The Kier molecular flexibility index (Phi) is 9.31. The Balaban J connectivity index is 2.01. The number of halogens is 1. The topological polar surface area (TPSA) is 118 Å². The van der Waals surface area contributed by atoms with Crippen LogP contribution in [0.25, 0.3) is 0 Å². The van der Waals surface area contributed by atoms with E-state index < -0.39 is 40.7 Å². The van der Waals surface area contributed by atoms with Gasteiger partial charge in [-0.25, -0.2) is 9.18 Å². The molecular weight excluding hydrogens is 539 g/mol. The zero-order valence-electron chi connectivity index (χ0n) is 24.1. The van der Waals surface area contributed by atoms with Gasteiger partial charge in [0.2, 0.25) is 0 Å². The van der Waals surface area contributed by atoms with Crippen LogP contribution in [0.4, 0.5) is 9.18 Å². The highest BCUT2D eigenvalue weighted by Gasteiger charge is 2.57. The molecule has 0 bridgehead atoms. The second kappa shape index (κ2) is 12.7. The summed E-state index contributed by atoms with van der Waals surface area (Å²) in [6.45, 7) is 1.94. The first-order chi connectivity index (χ1) is 20.0. The summed E-state index contributed by atoms with van der Waals surface area (Å²) in [6, 6.07) is 16.3. The first-order valence-electron chi connectivity index (χ1n) is 14.0. The lowest BCUT2D eigenvalue weighted by Gasteiger charge is -2.52. The van der Waals surface area contributed by atoms with Crippen molar-refractivity contribution in [3.8, 4) is 11.5 Å². The van der Waals surface area contributed by atoms with E-state index in [1.807, 2.05) is 19.0 Å². The summed E-state index contributed by atoms with van der Waals surface area (Å²) in [5.74, 6) is -3.78. The molecule has 3 aromatic rings. The molecule has 1 amide bonds. The van der Waals surface area contributed by atoms with Crippen molar-refractivity contribution < 1.29 is 34.1 Å². The normalized spacial score (nSPS) is 18.2. The van der Waals surface area contributed by atoms with Crippen molar-refractivity contribution in [1.29, 1.82) is 0 Å². The highest BCUT2D eigenvalue weighted by molar-refractivity contribution is 6.03. The minimum atomic E-state index is -1.30. The maximum atomic E-state index is 15.3. The molecule has 4 rings (SSSR count). The number of piperidine rings is 1. The summed E-state index contributed by atoms with van der Waals surface area (Å²) in [5, 5.41) is 30.5. The number of Topliss-reactive ketones (excluding diaryl/α,β-unsaturated/α-hetero) is 2. The van der Waals surface area contributed by atoms with Gasteiger partial charge in [0.05, 0.1) is 11.8 Å². The van der Waals surface area contributed by atoms with Crippen LogP contribution in [0.5, 0.6) is 11.5 Å². The molecule has 0 aliphatic carbocycles. The number of carboxylic acid groups (broad SMARTS) is 1. The summed E-state index contributed by atoms with van der Waals surface area (Å²) < 4.78 is 15.3. The molecule has 1 aliphatic heterocycles. The maximum absolute atomic E-state index is 15.3. The first kappa shape index (κ1) is 30.7. The standard InChI is InChI=1S/C33H37FN2O6/c1-21-26(13-8-14-29(21)34)33(15-4-5-16-35(2)3)27(30(39)22-9-6-11-24(37)17-22)19-36(32(41)42)20-28(33)31(40)23-10-7-12-25(38)18-23/h6-14,17-18,27-28,37-38H,4-5,15-16,19-20H2,1-3H3,(H,41,42)/t27-,28-/m1/s1. The molecule has 1 fully saturated rings. The van der Waals surface area contributed by atoms with Gasteiger partial charge in [-0.15, -0.1) is 0 Å². The van der Waals surface area contributed by atoms with Gasteiger partial charge in [-0.2, -0.15) is 0 Å².